The number of halogens is 1. The largest absolute Gasteiger partial charge is 0.281 e. The van der Waals surface area contributed by atoms with Crippen molar-refractivity contribution >= 4 is 16.8 Å². The summed E-state index contributed by atoms with van der Waals surface area (Å²) in [5.41, 5.74) is 0. The molecule has 0 N–H and O–H groups in total. The zero-order chi connectivity index (χ0) is 11.4. The molecule has 0 radical (unpaired) electrons. The first-order valence-electron chi connectivity index (χ1n) is 6.06. The highest BCUT2D eigenvalue weighted by atomic mass is 35.5. The molecule has 0 heterocycles. The second-order valence-corrected chi connectivity index (χ2v) is 4.43. The van der Waals surface area contributed by atoms with E-state index in [1.54, 1.807) is 0 Å². The van der Waals surface area contributed by atoms with Crippen LogP contribution in [-0.4, -0.2) is 5.24 Å². The van der Waals surface area contributed by atoms with E-state index in [9.17, 15) is 4.79 Å². The molecule has 0 unspecified atom stereocenters. The van der Waals surface area contributed by atoms with E-state index in [-0.39, 0.29) is 5.24 Å². The van der Waals surface area contributed by atoms with Crippen LogP contribution in [0.15, 0.2) is 12.7 Å². The van der Waals surface area contributed by atoms with Crippen molar-refractivity contribution in [3.05, 3.63) is 12.7 Å². The number of hydrogen-bond acceptors (Lipinski definition) is 1. The monoisotopic (exact) mass is 230 g/mol. The van der Waals surface area contributed by atoms with Crippen molar-refractivity contribution in [1.29, 1.82) is 0 Å². The van der Waals surface area contributed by atoms with E-state index in [2.05, 4.69) is 6.58 Å². The third-order valence-electron chi connectivity index (χ3n) is 2.53. The van der Waals surface area contributed by atoms with Gasteiger partial charge in [0.05, 0.1) is 0 Å². The predicted octanol–water partition coefficient (Wildman–Crippen LogP) is 4.84. The van der Waals surface area contributed by atoms with Gasteiger partial charge in [-0.15, -0.1) is 6.58 Å². The van der Waals surface area contributed by atoms with Crippen LogP contribution < -0.4 is 0 Å². The number of hydrogen-bond donors (Lipinski definition) is 0. The van der Waals surface area contributed by atoms with Crippen LogP contribution in [0.5, 0.6) is 0 Å². The third-order valence-corrected chi connectivity index (χ3v) is 2.72. The molecule has 0 aliphatic rings. The number of unbranched alkanes of at least 4 members (excludes halogenated alkanes) is 8. The zero-order valence-electron chi connectivity index (χ0n) is 9.64. The van der Waals surface area contributed by atoms with Crippen LogP contribution >= 0.6 is 11.6 Å². The van der Waals surface area contributed by atoms with Crippen molar-refractivity contribution in [2.75, 3.05) is 0 Å². The Labute approximate surface area is 98.9 Å². The molecule has 0 aliphatic heterocycles. The van der Waals surface area contributed by atoms with Gasteiger partial charge in [0.15, 0.2) is 0 Å². The predicted molar refractivity (Wildman–Crippen MR) is 67.2 cm³/mol. The van der Waals surface area contributed by atoms with E-state index in [0.717, 1.165) is 19.3 Å². The molecule has 0 fully saturated rings. The van der Waals surface area contributed by atoms with Crippen LogP contribution in [0.4, 0.5) is 0 Å². The minimum absolute atomic E-state index is 0.195. The summed E-state index contributed by atoms with van der Waals surface area (Å²) in [5.74, 6) is 0. The summed E-state index contributed by atoms with van der Waals surface area (Å²) in [6.07, 6.45) is 13.6. The molecule has 0 aliphatic carbocycles. The molecule has 0 rings (SSSR count). The Bertz CT molecular complexity index is 166. The Morgan fingerprint density at radius 3 is 1.87 bits per heavy atom. The first kappa shape index (κ1) is 14.7. The normalized spacial score (nSPS) is 10.2. The highest BCUT2D eigenvalue weighted by Crippen LogP contribution is 2.11. The van der Waals surface area contributed by atoms with Gasteiger partial charge in [0.25, 0.3) is 0 Å². The lowest BCUT2D eigenvalue weighted by molar-refractivity contribution is -0.111. The second kappa shape index (κ2) is 11.8. The van der Waals surface area contributed by atoms with Gasteiger partial charge in [0.1, 0.15) is 0 Å². The maximum atomic E-state index is 10.4. The molecule has 2 heteroatoms. The first-order valence-corrected chi connectivity index (χ1v) is 6.44. The van der Waals surface area contributed by atoms with E-state index in [4.69, 9.17) is 11.6 Å². The summed E-state index contributed by atoms with van der Waals surface area (Å²) in [4.78, 5) is 10.4. The fourth-order valence-corrected chi connectivity index (χ4v) is 1.75. The fourth-order valence-electron chi connectivity index (χ4n) is 1.61. The molecule has 0 saturated heterocycles. The van der Waals surface area contributed by atoms with Crippen LogP contribution in [0.1, 0.15) is 64.2 Å². The molecular formula is C13H23ClO. The molecule has 0 saturated carbocycles. The fraction of sp³-hybridized carbons (Fsp3) is 0.769. The van der Waals surface area contributed by atoms with Crippen molar-refractivity contribution in [3.8, 4) is 0 Å². The number of carbonyl (C=O) groups excluding carboxylic acids is 1. The number of allylic oxidation sites excluding steroid dienone is 1. The summed E-state index contributed by atoms with van der Waals surface area (Å²) in [5, 5.41) is -0.195. The molecule has 0 atom stereocenters. The van der Waals surface area contributed by atoms with Gasteiger partial charge in [-0.1, -0.05) is 44.6 Å². The van der Waals surface area contributed by atoms with Crippen LogP contribution in [-0.2, 0) is 4.79 Å². The maximum Gasteiger partial charge on any atom is 0.221 e. The van der Waals surface area contributed by atoms with Gasteiger partial charge in [-0.25, -0.2) is 0 Å². The quantitative estimate of drug-likeness (QED) is 0.282. The van der Waals surface area contributed by atoms with E-state index >= 15 is 0 Å². The van der Waals surface area contributed by atoms with Crippen molar-refractivity contribution in [2.45, 2.75) is 64.2 Å². The number of carbonyl (C=O) groups is 1. The van der Waals surface area contributed by atoms with Gasteiger partial charge in [-0.2, -0.15) is 0 Å². The lowest BCUT2D eigenvalue weighted by Gasteiger charge is -2.00. The molecule has 0 aromatic heterocycles. The molecular weight excluding hydrogens is 208 g/mol. The van der Waals surface area contributed by atoms with E-state index < -0.39 is 0 Å². The lowest BCUT2D eigenvalue weighted by Crippen LogP contribution is -1.86. The Balaban J connectivity index is 2.92. The van der Waals surface area contributed by atoms with Gasteiger partial charge in [0.2, 0.25) is 5.24 Å². The summed E-state index contributed by atoms with van der Waals surface area (Å²) in [6.45, 7) is 3.70. The van der Waals surface area contributed by atoms with Gasteiger partial charge in [0, 0.05) is 6.42 Å². The highest BCUT2D eigenvalue weighted by Gasteiger charge is 1.95. The molecule has 0 spiro atoms. The van der Waals surface area contributed by atoms with Crippen LogP contribution in [0.25, 0.3) is 0 Å². The molecule has 0 amide bonds. The second-order valence-electron chi connectivity index (χ2n) is 4.01. The van der Waals surface area contributed by atoms with Crippen molar-refractivity contribution in [2.24, 2.45) is 0 Å². The summed E-state index contributed by atoms with van der Waals surface area (Å²) in [7, 11) is 0. The lowest BCUT2D eigenvalue weighted by atomic mass is 10.1. The van der Waals surface area contributed by atoms with Gasteiger partial charge < -0.3 is 0 Å². The average Bonchev–Trinajstić information content (AvgIpc) is 2.20. The smallest absolute Gasteiger partial charge is 0.221 e. The van der Waals surface area contributed by atoms with Crippen molar-refractivity contribution in [1.82, 2.24) is 0 Å². The molecule has 15 heavy (non-hydrogen) atoms. The van der Waals surface area contributed by atoms with E-state index in [1.807, 2.05) is 6.08 Å². The van der Waals surface area contributed by atoms with Crippen molar-refractivity contribution in [3.63, 3.8) is 0 Å². The number of rotatable bonds is 11. The molecule has 88 valence electrons. The molecule has 0 aromatic rings. The Hall–Kier alpha value is -0.300. The van der Waals surface area contributed by atoms with E-state index in [1.165, 1.54) is 38.5 Å². The summed E-state index contributed by atoms with van der Waals surface area (Å²) >= 11 is 5.24. The standard InChI is InChI=1S/C13H23ClO/c1-2-3-4-5-6-7-8-9-10-11-12-13(14)15/h2H,1,3-12H2. The molecule has 0 aromatic carbocycles. The van der Waals surface area contributed by atoms with Crippen LogP contribution in [0.3, 0.4) is 0 Å². The Morgan fingerprint density at radius 1 is 0.933 bits per heavy atom. The maximum absolute atomic E-state index is 10.4. The SMILES string of the molecule is C=CCCCCCCCCCCC(=O)Cl. The van der Waals surface area contributed by atoms with Crippen LogP contribution in [0, 0.1) is 0 Å². The molecule has 0 bridgehead atoms. The van der Waals surface area contributed by atoms with Gasteiger partial charge in [-0.3, -0.25) is 4.79 Å². The first-order chi connectivity index (χ1) is 7.27. The molecule has 1 nitrogen and oxygen atoms in total. The minimum atomic E-state index is -0.195. The summed E-state index contributed by atoms with van der Waals surface area (Å²) in [6, 6.07) is 0. The topological polar surface area (TPSA) is 17.1 Å². The van der Waals surface area contributed by atoms with Gasteiger partial charge in [-0.05, 0) is 30.9 Å². The average molecular weight is 231 g/mol. The summed E-state index contributed by atoms with van der Waals surface area (Å²) < 4.78 is 0. The zero-order valence-corrected chi connectivity index (χ0v) is 10.4. The van der Waals surface area contributed by atoms with E-state index in [0.29, 0.717) is 6.42 Å². The highest BCUT2D eigenvalue weighted by molar-refractivity contribution is 6.63. The third kappa shape index (κ3) is 13.7. The Morgan fingerprint density at radius 2 is 1.40 bits per heavy atom. The minimum Gasteiger partial charge on any atom is -0.281 e. The van der Waals surface area contributed by atoms with Crippen molar-refractivity contribution < 1.29 is 4.79 Å². The van der Waals surface area contributed by atoms with Crippen LogP contribution in [0.2, 0.25) is 0 Å². The van der Waals surface area contributed by atoms with Gasteiger partial charge >= 0.3 is 0 Å². The Kier molecular flexibility index (Phi) is 11.5.